The fourth-order valence-corrected chi connectivity index (χ4v) is 11.0. The van der Waals surface area contributed by atoms with Crippen LogP contribution in [0.25, 0.3) is 0 Å². The fourth-order valence-electron chi connectivity index (χ4n) is 8.99. The van der Waals surface area contributed by atoms with E-state index < -0.39 is 12.0 Å². The number of amides is 3. The summed E-state index contributed by atoms with van der Waals surface area (Å²) in [5, 5.41) is 9.90. The smallest absolute Gasteiger partial charge is 0.348 e. The van der Waals surface area contributed by atoms with Gasteiger partial charge in [0.15, 0.2) is 0 Å². The van der Waals surface area contributed by atoms with Crippen LogP contribution in [0.3, 0.4) is 0 Å². The number of nitrogens with zero attached hydrogens (tertiary/aromatic N) is 3. The third kappa shape index (κ3) is 20.4. The molecule has 3 amide bonds. The van der Waals surface area contributed by atoms with Crippen LogP contribution >= 0.6 is 34.3 Å². The molecule has 2 aromatic heterocycles. The van der Waals surface area contributed by atoms with Crippen molar-refractivity contribution in [3.63, 3.8) is 0 Å². The number of halogens is 1. The molecule has 2 aliphatic carbocycles. The SMILES string of the molecule is C.C.CC1CCC(C(=O)Cl)CC1.CC[C@@H](C(=O)N1CCOCC1)N(C(=O)C1CCC(C)CC1)c1cc(C#CC(C)(C)C)sc1C(=O)O.CC[C@H](Cc1cc(C#CC(C)(C)C)sc1C(=O)OC)C(=O)N1CCOCC1. The lowest BCUT2D eigenvalue weighted by Crippen LogP contribution is -2.55. The van der Waals surface area contributed by atoms with E-state index in [1.54, 1.807) is 11.0 Å². The summed E-state index contributed by atoms with van der Waals surface area (Å²) in [6.07, 6.45) is 9.39. The Morgan fingerprint density at radius 2 is 1.16 bits per heavy atom. The van der Waals surface area contributed by atoms with Crippen LogP contribution in [0.2, 0.25) is 0 Å². The molecule has 0 unspecified atom stereocenters. The van der Waals surface area contributed by atoms with Gasteiger partial charge in [0.1, 0.15) is 15.8 Å². The third-order valence-corrected chi connectivity index (χ3v) is 15.8. The standard InChI is InChI=1S/C27H38N2O5S.C21H29NO4S.C8H13ClO.2CH4/c1-6-21(25(31)28-13-15-34-16-14-28)29(24(30)19-9-7-18(2)8-10-19)22-17-20(11-12-27(3,4)5)35-23(22)26(32)33;1-6-15(19(23)22-9-11-26-12-10-22)13-16-14-17(7-8-21(2,3)4)27-18(16)20(24)25-5;1-6-2-4-7(5-3-6)8(9)10;;/h17-19,21H,6-10,13-16H2,1-5H3,(H,32,33);14-15H,6,9-13H2,1-5H3;6-7H,2-5H2,1H3;2*1H4/t18?,19?,21-;15-;;;/m01.../s1. The normalized spacial score (nSPS) is 20.5. The van der Waals surface area contributed by atoms with Gasteiger partial charge in [-0.2, -0.15) is 0 Å². The number of anilines is 1. The largest absolute Gasteiger partial charge is 0.477 e. The molecule has 0 spiro atoms. The van der Waals surface area contributed by atoms with E-state index in [-0.39, 0.29) is 82.9 Å². The Bertz CT molecular complexity index is 2280. The molecular formula is C58H88ClN3O10S2. The zero-order chi connectivity index (χ0) is 53.3. The number of hydrogen-bond acceptors (Lipinski definition) is 11. The highest BCUT2D eigenvalue weighted by Gasteiger charge is 2.40. The van der Waals surface area contributed by atoms with E-state index >= 15 is 0 Å². The Labute approximate surface area is 457 Å². The molecule has 13 nitrogen and oxygen atoms in total. The molecule has 4 aliphatic rings. The molecule has 2 saturated heterocycles. The minimum absolute atomic E-state index is 0. The number of morpholine rings is 2. The highest BCUT2D eigenvalue weighted by molar-refractivity contribution is 7.15. The van der Waals surface area contributed by atoms with Gasteiger partial charge in [0.05, 0.1) is 49.0 Å². The minimum atomic E-state index is -1.11. The van der Waals surface area contributed by atoms with Crippen molar-refractivity contribution in [2.45, 2.75) is 161 Å². The average Bonchev–Trinajstić information content (AvgIpc) is 3.98. The maximum Gasteiger partial charge on any atom is 0.348 e. The van der Waals surface area contributed by atoms with E-state index in [4.69, 9.17) is 25.8 Å². The molecule has 6 rings (SSSR count). The first kappa shape index (κ1) is 65.9. The summed E-state index contributed by atoms with van der Waals surface area (Å²) < 4.78 is 15.7. The first-order valence-electron chi connectivity index (χ1n) is 25.9. The average molecular weight is 1090 g/mol. The molecule has 74 heavy (non-hydrogen) atoms. The second-order valence-corrected chi connectivity index (χ2v) is 24.1. The lowest BCUT2D eigenvalue weighted by atomic mass is 9.82. The highest BCUT2D eigenvalue weighted by Crippen LogP contribution is 2.38. The van der Waals surface area contributed by atoms with Gasteiger partial charge in [0.25, 0.3) is 0 Å². The molecule has 1 N–H and O–H groups in total. The van der Waals surface area contributed by atoms with Gasteiger partial charge in [-0.05, 0) is 153 Å². The van der Waals surface area contributed by atoms with Gasteiger partial charge < -0.3 is 29.1 Å². The number of carbonyl (C=O) groups excluding carboxylic acids is 5. The zero-order valence-corrected chi connectivity index (χ0v) is 47.1. The summed E-state index contributed by atoms with van der Waals surface area (Å²) in [5.74, 6) is 12.1. The second kappa shape index (κ2) is 31.1. The van der Waals surface area contributed by atoms with E-state index in [1.165, 1.54) is 36.2 Å². The van der Waals surface area contributed by atoms with Crippen molar-refractivity contribution in [2.75, 3.05) is 64.6 Å². The summed E-state index contributed by atoms with van der Waals surface area (Å²) in [7, 11) is 1.38. The molecule has 2 saturated carbocycles. The summed E-state index contributed by atoms with van der Waals surface area (Å²) in [6, 6.07) is 2.85. The van der Waals surface area contributed by atoms with E-state index in [9.17, 15) is 33.9 Å². The molecule has 414 valence electrons. The molecule has 2 aromatic rings. The van der Waals surface area contributed by atoms with Gasteiger partial charge in [0.2, 0.25) is 23.0 Å². The van der Waals surface area contributed by atoms with E-state index in [1.807, 2.05) is 66.4 Å². The Hall–Kier alpha value is -4.25. The van der Waals surface area contributed by atoms with Crippen LogP contribution in [-0.4, -0.2) is 116 Å². The summed E-state index contributed by atoms with van der Waals surface area (Å²) >= 11 is 7.77. The Morgan fingerprint density at radius 3 is 1.58 bits per heavy atom. The van der Waals surface area contributed by atoms with Crippen LogP contribution in [0.5, 0.6) is 0 Å². The number of rotatable bonds is 12. The Kier molecular flexibility index (Phi) is 27.7. The van der Waals surface area contributed by atoms with Crippen molar-refractivity contribution >= 4 is 74.9 Å². The molecule has 2 atom stereocenters. The number of carboxylic acid groups (broad SMARTS) is 1. The predicted molar refractivity (Wildman–Crippen MR) is 300 cm³/mol. The van der Waals surface area contributed by atoms with Gasteiger partial charge >= 0.3 is 11.9 Å². The van der Waals surface area contributed by atoms with E-state index in [2.05, 4.69) is 37.5 Å². The van der Waals surface area contributed by atoms with Gasteiger partial charge in [-0.3, -0.25) is 24.1 Å². The number of esters is 1. The quantitative estimate of drug-likeness (QED) is 0.123. The number of carboxylic acids is 1. The Morgan fingerprint density at radius 1 is 0.716 bits per heavy atom. The summed E-state index contributed by atoms with van der Waals surface area (Å²) in [5.41, 5.74) is 0.768. The van der Waals surface area contributed by atoms with Crippen LogP contribution in [0.4, 0.5) is 5.69 Å². The lowest BCUT2D eigenvalue weighted by Gasteiger charge is -2.38. The van der Waals surface area contributed by atoms with Crippen molar-refractivity contribution in [1.82, 2.24) is 9.80 Å². The maximum atomic E-state index is 14.0. The van der Waals surface area contributed by atoms with Crippen LogP contribution in [0, 0.1) is 64.1 Å². The maximum absolute atomic E-state index is 14.0. The monoisotopic (exact) mass is 1090 g/mol. The molecular weight excluding hydrogens is 998 g/mol. The van der Waals surface area contributed by atoms with Crippen molar-refractivity contribution in [3.05, 3.63) is 37.2 Å². The predicted octanol–water partition coefficient (Wildman–Crippen LogP) is 11.9. The number of methoxy groups -OCH3 is 1. The molecule has 4 heterocycles. The fraction of sp³-hybridized carbons (Fsp3) is 0.690. The Balaban J connectivity index is 0.000000425. The van der Waals surface area contributed by atoms with Gasteiger partial charge in [0, 0.05) is 54.8 Å². The van der Waals surface area contributed by atoms with E-state index in [0.717, 1.165) is 72.6 Å². The first-order valence-corrected chi connectivity index (χ1v) is 27.9. The van der Waals surface area contributed by atoms with Crippen LogP contribution in [0.15, 0.2) is 12.1 Å². The highest BCUT2D eigenvalue weighted by atomic mass is 35.5. The molecule has 4 fully saturated rings. The molecule has 0 aromatic carbocycles. The first-order chi connectivity index (χ1) is 34.0. The molecule has 0 bridgehead atoms. The van der Waals surface area contributed by atoms with E-state index in [0.29, 0.717) is 81.1 Å². The van der Waals surface area contributed by atoms with Crippen LogP contribution in [-0.2, 0) is 39.8 Å². The van der Waals surface area contributed by atoms with Crippen LogP contribution < -0.4 is 4.90 Å². The van der Waals surface area contributed by atoms with Gasteiger partial charge in [-0.25, -0.2) is 9.59 Å². The number of thiophene rings is 2. The minimum Gasteiger partial charge on any atom is -0.477 e. The number of hydrogen-bond donors (Lipinski definition) is 1. The van der Waals surface area contributed by atoms with Crippen molar-refractivity contribution < 1.29 is 48.1 Å². The molecule has 2 aliphatic heterocycles. The lowest BCUT2D eigenvalue weighted by molar-refractivity contribution is -0.139. The van der Waals surface area contributed by atoms with Crippen molar-refractivity contribution in [3.8, 4) is 23.7 Å². The van der Waals surface area contributed by atoms with Crippen LogP contribution in [0.1, 0.15) is 183 Å². The molecule has 16 heteroatoms. The van der Waals surface area contributed by atoms with Crippen molar-refractivity contribution in [1.29, 1.82) is 0 Å². The number of ether oxygens (including phenoxy) is 3. The molecule has 0 radical (unpaired) electrons. The number of carbonyl (C=O) groups is 6. The van der Waals surface area contributed by atoms with Crippen molar-refractivity contribution in [2.24, 2.45) is 40.4 Å². The second-order valence-electron chi connectivity index (χ2n) is 21.6. The summed E-state index contributed by atoms with van der Waals surface area (Å²) in [6.45, 7) is 24.7. The zero-order valence-electron chi connectivity index (χ0n) is 44.7. The topological polar surface area (TPSA) is 160 Å². The summed E-state index contributed by atoms with van der Waals surface area (Å²) in [4.78, 5) is 82.8. The van der Waals surface area contributed by atoms with Gasteiger partial charge in [-0.1, -0.05) is 66.2 Å². The number of aromatic carboxylic acids is 1. The van der Waals surface area contributed by atoms with Gasteiger partial charge in [-0.15, -0.1) is 22.7 Å². The third-order valence-electron chi connectivity index (χ3n) is 13.3.